The van der Waals surface area contributed by atoms with Gasteiger partial charge in [-0.2, -0.15) is 5.26 Å². The summed E-state index contributed by atoms with van der Waals surface area (Å²) in [4.78, 5) is 3.84. The normalized spacial score (nSPS) is 9.55. The van der Waals surface area contributed by atoms with Gasteiger partial charge in [-0.1, -0.05) is 11.8 Å². The molecule has 1 aromatic heterocycles. The fourth-order valence-electron chi connectivity index (χ4n) is 0.615. The Labute approximate surface area is 73.4 Å². The van der Waals surface area contributed by atoms with Gasteiger partial charge in [-0.05, 0) is 6.26 Å². The molecule has 11 heavy (non-hydrogen) atoms. The standard InChI is InChI=1S/C6H5ClN2OS/c1-11-6-4(3-8)9-5(2-7)10-6/h2H2,1H3. The van der Waals surface area contributed by atoms with Gasteiger partial charge >= 0.3 is 0 Å². The van der Waals surface area contributed by atoms with E-state index in [-0.39, 0.29) is 5.88 Å². The van der Waals surface area contributed by atoms with E-state index in [0.717, 1.165) is 0 Å². The van der Waals surface area contributed by atoms with Gasteiger partial charge in [0.15, 0.2) is 10.8 Å². The van der Waals surface area contributed by atoms with Gasteiger partial charge < -0.3 is 4.42 Å². The van der Waals surface area contributed by atoms with Crippen LogP contribution < -0.4 is 0 Å². The van der Waals surface area contributed by atoms with Crippen LogP contribution in [0.3, 0.4) is 0 Å². The number of nitriles is 1. The van der Waals surface area contributed by atoms with Crippen molar-refractivity contribution < 1.29 is 4.42 Å². The predicted octanol–water partition coefficient (Wildman–Crippen LogP) is 2.01. The SMILES string of the molecule is CSc1oc(CCl)nc1C#N. The van der Waals surface area contributed by atoms with Crippen LogP contribution in [0.4, 0.5) is 0 Å². The summed E-state index contributed by atoms with van der Waals surface area (Å²) in [6.07, 6.45) is 1.82. The van der Waals surface area contributed by atoms with Crippen LogP contribution in [0.25, 0.3) is 0 Å². The molecule has 3 nitrogen and oxygen atoms in total. The zero-order chi connectivity index (χ0) is 8.27. The number of halogens is 1. The largest absolute Gasteiger partial charge is 0.432 e. The van der Waals surface area contributed by atoms with Crippen molar-refractivity contribution in [1.29, 1.82) is 5.26 Å². The third-order valence-electron chi connectivity index (χ3n) is 1.05. The Kier molecular flexibility index (Phi) is 2.80. The van der Waals surface area contributed by atoms with E-state index in [1.54, 1.807) is 0 Å². The Morgan fingerprint density at radius 3 is 2.91 bits per heavy atom. The third kappa shape index (κ3) is 1.67. The molecule has 0 saturated heterocycles. The molecule has 58 valence electrons. The lowest BCUT2D eigenvalue weighted by Gasteiger charge is -1.84. The van der Waals surface area contributed by atoms with E-state index < -0.39 is 0 Å². The van der Waals surface area contributed by atoms with Crippen LogP contribution in [0.2, 0.25) is 0 Å². The lowest BCUT2D eigenvalue weighted by atomic mass is 10.5. The average molecular weight is 189 g/mol. The first kappa shape index (κ1) is 8.44. The Morgan fingerprint density at radius 1 is 1.82 bits per heavy atom. The molecule has 1 heterocycles. The maximum Gasteiger partial charge on any atom is 0.211 e. The van der Waals surface area contributed by atoms with Crippen molar-refractivity contribution in [3.63, 3.8) is 0 Å². The number of aromatic nitrogens is 1. The van der Waals surface area contributed by atoms with Crippen molar-refractivity contribution in [1.82, 2.24) is 4.98 Å². The molecule has 0 saturated carbocycles. The van der Waals surface area contributed by atoms with Gasteiger partial charge in [0.2, 0.25) is 5.89 Å². The lowest BCUT2D eigenvalue weighted by molar-refractivity contribution is 0.437. The van der Waals surface area contributed by atoms with Gasteiger partial charge in [0, 0.05) is 0 Å². The van der Waals surface area contributed by atoms with E-state index in [4.69, 9.17) is 21.3 Å². The quantitative estimate of drug-likeness (QED) is 0.526. The molecule has 0 amide bonds. The highest BCUT2D eigenvalue weighted by molar-refractivity contribution is 7.98. The molecule has 0 aliphatic rings. The summed E-state index contributed by atoms with van der Waals surface area (Å²) < 4.78 is 5.10. The molecule has 1 rings (SSSR count). The second kappa shape index (κ2) is 3.65. The van der Waals surface area contributed by atoms with Gasteiger partial charge in [0.1, 0.15) is 6.07 Å². The van der Waals surface area contributed by atoms with E-state index in [9.17, 15) is 0 Å². The molecule has 0 N–H and O–H groups in total. The summed E-state index contributed by atoms with van der Waals surface area (Å²) in [5.41, 5.74) is 0.313. The summed E-state index contributed by atoms with van der Waals surface area (Å²) in [5.74, 6) is 0.600. The van der Waals surface area contributed by atoms with E-state index in [2.05, 4.69) is 4.98 Å². The summed E-state index contributed by atoms with van der Waals surface area (Å²) in [7, 11) is 0. The Bertz CT molecular complexity index is 291. The molecule has 1 aromatic rings. The van der Waals surface area contributed by atoms with Crippen LogP contribution in [-0.4, -0.2) is 11.2 Å². The van der Waals surface area contributed by atoms with Gasteiger partial charge in [-0.15, -0.1) is 11.6 Å². The number of oxazole rings is 1. The lowest BCUT2D eigenvalue weighted by Crippen LogP contribution is -1.77. The van der Waals surface area contributed by atoms with Crippen LogP contribution >= 0.6 is 23.4 Å². The topological polar surface area (TPSA) is 49.8 Å². The molecule has 0 fully saturated rings. The summed E-state index contributed by atoms with van der Waals surface area (Å²) in [5, 5.41) is 9.06. The van der Waals surface area contributed by atoms with Gasteiger partial charge in [-0.25, -0.2) is 4.98 Å². The highest BCUT2D eigenvalue weighted by Gasteiger charge is 2.09. The minimum atomic E-state index is 0.204. The molecule has 5 heteroatoms. The number of hydrogen-bond acceptors (Lipinski definition) is 4. The zero-order valence-electron chi connectivity index (χ0n) is 5.80. The molecule has 0 spiro atoms. The second-order valence-electron chi connectivity index (χ2n) is 1.69. The Hall–Kier alpha value is -0.660. The van der Waals surface area contributed by atoms with Gasteiger partial charge in [0.05, 0.1) is 5.88 Å². The zero-order valence-corrected chi connectivity index (χ0v) is 7.37. The van der Waals surface area contributed by atoms with E-state index >= 15 is 0 Å². The second-order valence-corrected chi connectivity index (χ2v) is 2.74. The van der Waals surface area contributed by atoms with Gasteiger partial charge in [0.25, 0.3) is 0 Å². The summed E-state index contributed by atoms with van der Waals surface area (Å²) >= 11 is 6.80. The van der Waals surface area contributed by atoms with E-state index in [1.807, 2.05) is 12.3 Å². The molecular weight excluding hydrogens is 184 g/mol. The minimum Gasteiger partial charge on any atom is -0.432 e. The average Bonchev–Trinajstić information content (AvgIpc) is 2.46. The monoisotopic (exact) mass is 188 g/mol. The molecule has 0 atom stereocenters. The summed E-state index contributed by atoms with van der Waals surface area (Å²) in [6.45, 7) is 0. The van der Waals surface area contributed by atoms with Crippen molar-refractivity contribution in [3.8, 4) is 6.07 Å². The van der Waals surface area contributed by atoms with Gasteiger partial charge in [-0.3, -0.25) is 0 Å². The molecule has 0 aliphatic carbocycles. The number of hydrogen-bond donors (Lipinski definition) is 0. The fraction of sp³-hybridized carbons (Fsp3) is 0.333. The van der Waals surface area contributed by atoms with Crippen LogP contribution in [0.15, 0.2) is 9.51 Å². The van der Waals surface area contributed by atoms with Crippen LogP contribution in [0.5, 0.6) is 0 Å². The molecule has 0 unspecified atom stereocenters. The maximum absolute atomic E-state index is 8.53. The van der Waals surface area contributed by atoms with Crippen molar-refractivity contribution >= 4 is 23.4 Å². The van der Waals surface area contributed by atoms with Crippen LogP contribution in [0.1, 0.15) is 11.6 Å². The molecule has 0 aliphatic heterocycles. The molecule has 0 bridgehead atoms. The molecule has 0 aromatic carbocycles. The summed E-state index contributed by atoms with van der Waals surface area (Å²) in [6, 6.07) is 1.92. The Morgan fingerprint density at radius 2 is 2.55 bits per heavy atom. The van der Waals surface area contributed by atoms with Crippen molar-refractivity contribution in [3.05, 3.63) is 11.6 Å². The maximum atomic E-state index is 8.53. The van der Waals surface area contributed by atoms with Crippen molar-refractivity contribution in [2.75, 3.05) is 6.26 Å². The van der Waals surface area contributed by atoms with E-state index in [1.165, 1.54) is 11.8 Å². The third-order valence-corrected chi connectivity index (χ3v) is 1.92. The first-order chi connectivity index (χ1) is 5.31. The highest BCUT2D eigenvalue weighted by Crippen LogP contribution is 2.21. The number of alkyl halides is 1. The van der Waals surface area contributed by atoms with Crippen LogP contribution in [-0.2, 0) is 5.88 Å². The molecule has 0 radical (unpaired) electrons. The smallest absolute Gasteiger partial charge is 0.211 e. The fourth-order valence-corrected chi connectivity index (χ4v) is 1.19. The number of nitrogens with zero attached hydrogens (tertiary/aromatic N) is 2. The van der Waals surface area contributed by atoms with E-state index in [0.29, 0.717) is 16.7 Å². The first-order valence-electron chi connectivity index (χ1n) is 2.81. The number of thioether (sulfide) groups is 1. The van der Waals surface area contributed by atoms with Crippen molar-refractivity contribution in [2.45, 2.75) is 11.0 Å². The highest BCUT2D eigenvalue weighted by atomic mass is 35.5. The Balaban J connectivity index is 3.05. The van der Waals surface area contributed by atoms with Crippen molar-refractivity contribution in [2.24, 2.45) is 0 Å². The minimum absolute atomic E-state index is 0.204. The number of rotatable bonds is 2. The predicted molar refractivity (Wildman–Crippen MR) is 42.6 cm³/mol. The van der Waals surface area contributed by atoms with Crippen LogP contribution in [0, 0.1) is 11.3 Å². The first-order valence-corrected chi connectivity index (χ1v) is 4.57. The molecular formula is C6H5ClN2OS.